The summed E-state index contributed by atoms with van der Waals surface area (Å²) in [7, 11) is -3.51. The number of hydrogen-bond donors (Lipinski definition) is 2. The Kier molecular flexibility index (Phi) is 5.27. The molecule has 0 aliphatic rings. The van der Waals surface area contributed by atoms with E-state index in [0.29, 0.717) is 27.3 Å². The molecule has 3 N–H and O–H groups in total. The highest BCUT2D eigenvalue weighted by molar-refractivity contribution is 9.10. The molecule has 0 amide bonds. The van der Waals surface area contributed by atoms with Crippen molar-refractivity contribution in [1.29, 1.82) is 0 Å². The molecule has 0 radical (unpaired) electrons. The lowest BCUT2D eigenvalue weighted by Crippen LogP contribution is -2.15. The summed E-state index contributed by atoms with van der Waals surface area (Å²) in [6.07, 6.45) is 0. The molecule has 2 aromatic carbocycles. The van der Waals surface area contributed by atoms with Crippen molar-refractivity contribution in [3.05, 3.63) is 63.1 Å². The maximum Gasteiger partial charge on any atom is 0.236 e. The van der Waals surface area contributed by atoms with E-state index in [1.807, 2.05) is 6.07 Å². The van der Waals surface area contributed by atoms with Gasteiger partial charge in [-0.1, -0.05) is 35.9 Å². The number of hydrogen-bond acceptors (Lipinski definition) is 3. The molecule has 0 heterocycles. The van der Waals surface area contributed by atoms with Crippen LogP contribution in [0.25, 0.3) is 0 Å². The summed E-state index contributed by atoms with van der Waals surface area (Å²) < 4.78 is 27.6. The standard InChI is InChI=1S/C14H14BrClN2O2S/c15-13-5-4-12(7-14(13)16)18-21(19,20)9-11-3-1-2-10(6-11)8-17/h1-7,18H,8-9,17H2. The highest BCUT2D eigenvalue weighted by atomic mass is 79.9. The van der Waals surface area contributed by atoms with Gasteiger partial charge in [-0.3, -0.25) is 4.72 Å². The fourth-order valence-electron chi connectivity index (χ4n) is 1.84. The summed E-state index contributed by atoms with van der Waals surface area (Å²) >= 11 is 9.20. The Morgan fingerprint density at radius 3 is 2.52 bits per heavy atom. The lowest BCUT2D eigenvalue weighted by atomic mass is 10.1. The van der Waals surface area contributed by atoms with E-state index in [1.54, 1.807) is 36.4 Å². The van der Waals surface area contributed by atoms with E-state index in [9.17, 15) is 8.42 Å². The molecule has 0 bridgehead atoms. The van der Waals surface area contributed by atoms with E-state index in [-0.39, 0.29) is 5.75 Å². The summed E-state index contributed by atoms with van der Waals surface area (Å²) in [4.78, 5) is 0. The molecule has 112 valence electrons. The zero-order valence-corrected chi connectivity index (χ0v) is 14.2. The Balaban J connectivity index is 2.16. The third-order valence-electron chi connectivity index (χ3n) is 2.78. The molecule has 0 saturated heterocycles. The quantitative estimate of drug-likeness (QED) is 0.822. The van der Waals surface area contributed by atoms with Gasteiger partial charge in [-0.05, 0) is 45.3 Å². The van der Waals surface area contributed by atoms with Gasteiger partial charge in [0.25, 0.3) is 0 Å². The summed E-state index contributed by atoms with van der Waals surface area (Å²) in [5.41, 5.74) is 7.57. The Labute approximate surface area is 137 Å². The zero-order chi connectivity index (χ0) is 15.5. The monoisotopic (exact) mass is 388 g/mol. The van der Waals surface area contributed by atoms with Crippen LogP contribution in [0.5, 0.6) is 0 Å². The highest BCUT2D eigenvalue weighted by Gasteiger charge is 2.12. The van der Waals surface area contributed by atoms with Crippen molar-refractivity contribution in [2.75, 3.05) is 4.72 Å². The zero-order valence-electron chi connectivity index (χ0n) is 11.0. The number of sulfonamides is 1. The van der Waals surface area contributed by atoms with Crippen molar-refractivity contribution < 1.29 is 8.42 Å². The molecular weight excluding hydrogens is 376 g/mol. The fraction of sp³-hybridized carbons (Fsp3) is 0.143. The molecule has 0 unspecified atom stereocenters. The van der Waals surface area contributed by atoms with Crippen molar-refractivity contribution in [3.63, 3.8) is 0 Å². The molecule has 7 heteroatoms. The third-order valence-corrected chi connectivity index (χ3v) is 5.27. The first kappa shape index (κ1) is 16.3. The second-order valence-electron chi connectivity index (χ2n) is 4.51. The lowest BCUT2D eigenvalue weighted by molar-refractivity contribution is 0.600. The Morgan fingerprint density at radius 2 is 1.86 bits per heavy atom. The first-order chi connectivity index (χ1) is 9.89. The average Bonchev–Trinajstić information content (AvgIpc) is 2.42. The maximum absolute atomic E-state index is 12.2. The van der Waals surface area contributed by atoms with Crippen LogP contribution in [-0.2, 0) is 22.3 Å². The topological polar surface area (TPSA) is 72.2 Å². The smallest absolute Gasteiger partial charge is 0.236 e. The van der Waals surface area contributed by atoms with Crippen molar-refractivity contribution in [2.24, 2.45) is 5.73 Å². The van der Waals surface area contributed by atoms with E-state index in [4.69, 9.17) is 17.3 Å². The predicted octanol–water partition coefficient (Wildman–Crippen LogP) is 3.50. The number of anilines is 1. The number of benzene rings is 2. The Bertz CT molecular complexity index is 750. The van der Waals surface area contributed by atoms with Crippen LogP contribution < -0.4 is 10.5 Å². The molecule has 2 rings (SSSR count). The van der Waals surface area contributed by atoms with Crippen molar-refractivity contribution in [1.82, 2.24) is 0 Å². The maximum atomic E-state index is 12.2. The van der Waals surface area contributed by atoms with Crippen LogP contribution in [0.15, 0.2) is 46.9 Å². The van der Waals surface area contributed by atoms with Gasteiger partial charge in [-0.2, -0.15) is 0 Å². The first-order valence-corrected chi connectivity index (χ1v) is 8.95. The minimum Gasteiger partial charge on any atom is -0.326 e. The van der Waals surface area contributed by atoms with Gasteiger partial charge in [-0.25, -0.2) is 8.42 Å². The van der Waals surface area contributed by atoms with Gasteiger partial charge in [0.1, 0.15) is 0 Å². The molecule has 4 nitrogen and oxygen atoms in total. The normalized spacial score (nSPS) is 11.4. The predicted molar refractivity (Wildman–Crippen MR) is 89.7 cm³/mol. The summed E-state index contributed by atoms with van der Waals surface area (Å²) in [6.45, 7) is 0.379. The second-order valence-corrected chi connectivity index (χ2v) is 7.50. The number of nitrogens with two attached hydrogens (primary N) is 1. The van der Waals surface area contributed by atoms with Gasteiger partial charge in [-0.15, -0.1) is 0 Å². The van der Waals surface area contributed by atoms with Crippen molar-refractivity contribution in [3.8, 4) is 0 Å². The molecule has 21 heavy (non-hydrogen) atoms. The van der Waals surface area contributed by atoms with E-state index < -0.39 is 10.0 Å². The second kappa shape index (κ2) is 6.79. The molecular formula is C14H14BrClN2O2S. The SMILES string of the molecule is NCc1cccc(CS(=O)(=O)Nc2ccc(Br)c(Cl)c2)c1. The lowest BCUT2D eigenvalue weighted by Gasteiger charge is -2.09. The van der Waals surface area contributed by atoms with E-state index >= 15 is 0 Å². The van der Waals surface area contributed by atoms with E-state index in [1.165, 1.54) is 0 Å². The molecule has 0 aliphatic carbocycles. The van der Waals surface area contributed by atoms with E-state index in [2.05, 4.69) is 20.7 Å². The average molecular weight is 390 g/mol. The third kappa shape index (κ3) is 4.71. The molecule has 2 aromatic rings. The van der Waals surface area contributed by atoms with Gasteiger partial charge in [0.15, 0.2) is 0 Å². The van der Waals surface area contributed by atoms with Crippen LogP contribution >= 0.6 is 27.5 Å². The minimum absolute atomic E-state index is 0.117. The molecule has 0 aromatic heterocycles. The van der Waals surface area contributed by atoms with Crippen LogP contribution in [0.2, 0.25) is 5.02 Å². The van der Waals surface area contributed by atoms with Crippen LogP contribution in [0.1, 0.15) is 11.1 Å². The van der Waals surface area contributed by atoms with Gasteiger partial charge in [0.2, 0.25) is 10.0 Å². The van der Waals surface area contributed by atoms with Gasteiger partial charge in [0.05, 0.1) is 16.5 Å². The van der Waals surface area contributed by atoms with Crippen LogP contribution in [0.3, 0.4) is 0 Å². The van der Waals surface area contributed by atoms with Crippen LogP contribution in [0.4, 0.5) is 5.69 Å². The van der Waals surface area contributed by atoms with E-state index in [0.717, 1.165) is 5.56 Å². The van der Waals surface area contributed by atoms with Gasteiger partial charge >= 0.3 is 0 Å². The summed E-state index contributed by atoms with van der Waals surface area (Å²) in [5.74, 6) is -0.117. The molecule has 0 aliphatic heterocycles. The van der Waals surface area contributed by atoms with Gasteiger partial charge in [0, 0.05) is 11.0 Å². The summed E-state index contributed by atoms with van der Waals surface area (Å²) in [5, 5.41) is 0.445. The number of halogens is 2. The minimum atomic E-state index is -3.51. The Morgan fingerprint density at radius 1 is 1.14 bits per heavy atom. The molecule has 0 fully saturated rings. The molecule has 0 spiro atoms. The Hall–Kier alpha value is -1.08. The van der Waals surface area contributed by atoms with Crippen molar-refractivity contribution >= 4 is 43.2 Å². The first-order valence-electron chi connectivity index (χ1n) is 6.13. The van der Waals surface area contributed by atoms with Gasteiger partial charge < -0.3 is 5.73 Å². The highest BCUT2D eigenvalue weighted by Crippen LogP contribution is 2.26. The summed E-state index contributed by atoms with van der Waals surface area (Å²) in [6, 6.07) is 12.1. The van der Waals surface area contributed by atoms with Crippen molar-refractivity contribution in [2.45, 2.75) is 12.3 Å². The number of rotatable bonds is 5. The fourth-order valence-corrected chi connectivity index (χ4v) is 3.44. The van der Waals surface area contributed by atoms with Crippen LogP contribution in [0, 0.1) is 0 Å². The molecule has 0 saturated carbocycles. The molecule has 0 atom stereocenters. The largest absolute Gasteiger partial charge is 0.326 e. The van der Waals surface area contributed by atoms with Crippen LogP contribution in [-0.4, -0.2) is 8.42 Å². The number of nitrogens with one attached hydrogen (secondary N) is 1.